The number of nitrogen functional groups attached to an aromatic ring is 1. The van der Waals surface area contributed by atoms with E-state index in [1.807, 2.05) is 39.2 Å². The first-order valence-electron chi connectivity index (χ1n) is 10.7. The Morgan fingerprint density at radius 3 is 2.82 bits per heavy atom. The molecule has 4 heterocycles. The maximum Gasteiger partial charge on any atom is 0.257 e. The van der Waals surface area contributed by atoms with Gasteiger partial charge in [0.25, 0.3) is 6.43 Å². The van der Waals surface area contributed by atoms with Crippen molar-refractivity contribution in [2.24, 2.45) is 7.05 Å². The molecule has 1 atom stereocenters. The van der Waals surface area contributed by atoms with Gasteiger partial charge in [-0.15, -0.1) is 0 Å². The molecule has 170 valence electrons. The number of anilines is 1. The van der Waals surface area contributed by atoms with E-state index < -0.39 is 13.0 Å². The van der Waals surface area contributed by atoms with E-state index in [9.17, 15) is 8.78 Å². The molecule has 0 radical (unpaired) electrons. The topological polar surface area (TPSA) is 83.8 Å². The summed E-state index contributed by atoms with van der Waals surface area (Å²) in [5, 5.41) is 9.00. The molecule has 33 heavy (non-hydrogen) atoms. The summed E-state index contributed by atoms with van der Waals surface area (Å²) < 4.78 is 36.0. The molecule has 0 fully saturated rings. The van der Waals surface area contributed by atoms with Crippen molar-refractivity contribution in [1.29, 1.82) is 0 Å². The van der Waals surface area contributed by atoms with Crippen LogP contribution in [0.15, 0.2) is 42.9 Å². The maximum absolute atomic E-state index is 13.3. The Balaban J connectivity index is 1.78. The van der Waals surface area contributed by atoms with E-state index in [0.29, 0.717) is 23.4 Å². The summed E-state index contributed by atoms with van der Waals surface area (Å²) in [5.41, 5.74) is 12.9. The lowest BCUT2D eigenvalue weighted by Crippen LogP contribution is -2.12. The van der Waals surface area contributed by atoms with Crippen molar-refractivity contribution in [2.45, 2.75) is 39.3 Å². The molecular formula is C24H24F2N6O. The van der Waals surface area contributed by atoms with Gasteiger partial charge in [0.05, 0.1) is 17.6 Å². The van der Waals surface area contributed by atoms with Crippen LogP contribution in [0.3, 0.4) is 0 Å². The highest BCUT2D eigenvalue weighted by Gasteiger charge is 2.24. The van der Waals surface area contributed by atoms with Crippen molar-refractivity contribution in [3.63, 3.8) is 0 Å². The van der Waals surface area contributed by atoms with Crippen LogP contribution in [0.5, 0.6) is 5.75 Å². The molecule has 2 N–H and O–H groups in total. The van der Waals surface area contributed by atoms with Crippen molar-refractivity contribution in [3.8, 4) is 28.3 Å². The largest absolute Gasteiger partial charge is 0.482 e. The molecule has 9 heteroatoms. The van der Waals surface area contributed by atoms with Gasteiger partial charge >= 0.3 is 0 Å². The fraction of sp³-hybridized carbons (Fsp3) is 0.292. The number of benzene rings is 1. The van der Waals surface area contributed by atoms with Crippen LogP contribution in [-0.4, -0.2) is 31.0 Å². The van der Waals surface area contributed by atoms with E-state index in [1.54, 1.807) is 23.1 Å². The molecule has 1 aliphatic rings. The minimum absolute atomic E-state index is 0.233. The first-order chi connectivity index (χ1) is 15.8. The molecule has 3 aromatic heterocycles. The van der Waals surface area contributed by atoms with Gasteiger partial charge in [-0.25, -0.2) is 13.8 Å². The summed E-state index contributed by atoms with van der Waals surface area (Å²) >= 11 is 0. The highest BCUT2D eigenvalue weighted by atomic mass is 19.3. The number of hydrogen-bond donors (Lipinski definition) is 1. The molecule has 1 aromatic carbocycles. The normalized spacial score (nSPS) is 15.2. The van der Waals surface area contributed by atoms with Gasteiger partial charge in [0, 0.05) is 53.7 Å². The minimum Gasteiger partial charge on any atom is -0.482 e. The average Bonchev–Trinajstić information content (AvgIpc) is 3.31. The summed E-state index contributed by atoms with van der Waals surface area (Å²) in [6.07, 6.45) is 2.75. The lowest BCUT2D eigenvalue weighted by molar-refractivity contribution is 0.122. The highest BCUT2D eigenvalue weighted by molar-refractivity contribution is 5.72. The van der Waals surface area contributed by atoms with Crippen molar-refractivity contribution in [2.75, 3.05) is 5.73 Å². The molecule has 5 rings (SSSR count). The molecule has 0 saturated heterocycles. The number of halogens is 2. The smallest absolute Gasteiger partial charge is 0.257 e. The molecule has 2 bridgehead atoms. The lowest BCUT2D eigenvalue weighted by atomic mass is 9.93. The summed E-state index contributed by atoms with van der Waals surface area (Å²) in [6, 6.07) is 7.92. The minimum atomic E-state index is -2.54. The second-order valence-corrected chi connectivity index (χ2v) is 8.40. The van der Waals surface area contributed by atoms with Gasteiger partial charge in [-0.1, -0.05) is 23.8 Å². The predicted octanol–water partition coefficient (Wildman–Crippen LogP) is 4.55. The Kier molecular flexibility index (Phi) is 5.11. The predicted molar refractivity (Wildman–Crippen MR) is 121 cm³/mol. The number of rotatable bonds is 2. The van der Waals surface area contributed by atoms with E-state index in [4.69, 9.17) is 15.6 Å². The number of pyridine rings is 1. The van der Waals surface area contributed by atoms with Gasteiger partial charge in [0.2, 0.25) is 0 Å². The van der Waals surface area contributed by atoms with Crippen molar-refractivity contribution < 1.29 is 13.5 Å². The molecule has 7 nitrogen and oxygen atoms in total. The Labute approximate surface area is 189 Å². The van der Waals surface area contributed by atoms with E-state index in [1.165, 1.54) is 4.68 Å². The Hall–Kier alpha value is -3.75. The van der Waals surface area contributed by atoms with Crippen LogP contribution < -0.4 is 10.5 Å². The molecule has 0 aliphatic carbocycles. The average molecular weight is 450 g/mol. The van der Waals surface area contributed by atoms with Gasteiger partial charge < -0.3 is 10.5 Å². The zero-order chi connectivity index (χ0) is 23.3. The van der Waals surface area contributed by atoms with Gasteiger partial charge in [0.15, 0.2) is 11.6 Å². The van der Waals surface area contributed by atoms with Crippen LogP contribution in [0.25, 0.3) is 22.5 Å². The number of nitrogens with two attached hydrogens (primary N) is 1. The first-order valence-corrected chi connectivity index (χ1v) is 10.7. The van der Waals surface area contributed by atoms with Crippen LogP contribution in [0.2, 0.25) is 0 Å². The van der Waals surface area contributed by atoms with Gasteiger partial charge in [-0.05, 0) is 19.9 Å². The Morgan fingerprint density at radius 1 is 1.21 bits per heavy atom. The van der Waals surface area contributed by atoms with Crippen LogP contribution in [0.1, 0.15) is 35.3 Å². The van der Waals surface area contributed by atoms with E-state index in [2.05, 4.69) is 16.1 Å². The lowest BCUT2D eigenvalue weighted by Gasteiger charge is -2.21. The third kappa shape index (κ3) is 3.83. The maximum atomic E-state index is 13.3. The molecule has 0 saturated carbocycles. The van der Waals surface area contributed by atoms with Gasteiger partial charge in [-0.3, -0.25) is 9.36 Å². The zero-order valence-electron chi connectivity index (χ0n) is 18.6. The second kappa shape index (κ2) is 7.99. The quantitative estimate of drug-likeness (QED) is 0.485. The van der Waals surface area contributed by atoms with E-state index >= 15 is 0 Å². The monoisotopic (exact) mass is 450 g/mol. The van der Waals surface area contributed by atoms with Crippen molar-refractivity contribution >= 4 is 5.82 Å². The molecule has 4 aromatic rings. The molecule has 0 spiro atoms. The van der Waals surface area contributed by atoms with Crippen LogP contribution in [-0.2, 0) is 20.0 Å². The number of aryl methyl sites for hydroxylation is 2. The SMILES string of the molecule is Cc1ccc2c(c1)C(C)Oc1cc(cnc1N)-c1c(cnn1CC(F)F)Cc1cn(C)nc1-2. The fourth-order valence-electron chi connectivity index (χ4n) is 4.42. The first kappa shape index (κ1) is 21.1. The van der Waals surface area contributed by atoms with Crippen LogP contribution in [0, 0.1) is 6.92 Å². The Morgan fingerprint density at radius 2 is 2.03 bits per heavy atom. The number of fused-ring (bicyclic) bond motifs is 7. The number of aromatic nitrogens is 5. The Bertz CT molecular complexity index is 1340. The molecule has 0 amide bonds. The highest BCUT2D eigenvalue weighted by Crippen LogP contribution is 2.38. The molecule has 1 aliphatic heterocycles. The summed E-state index contributed by atoms with van der Waals surface area (Å²) in [6.45, 7) is 3.46. The van der Waals surface area contributed by atoms with Crippen molar-refractivity contribution in [1.82, 2.24) is 24.5 Å². The van der Waals surface area contributed by atoms with Crippen LogP contribution in [0.4, 0.5) is 14.6 Å². The zero-order valence-corrected chi connectivity index (χ0v) is 18.6. The van der Waals surface area contributed by atoms with E-state index in [0.717, 1.165) is 33.5 Å². The second-order valence-electron chi connectivity index (χ2n) is 8.40. The van der Waals surface area contributed by atoms with Gasteiger partial charge in [-0.2, -0.15) is 10.2 Å². The van der Waals surface area contributed by atoms with Crippen molar-refractivity contribution in [3.05, 3.63) is 65.1 Å². The van der Waals surface area contributed by atoms with Crippen LogP contribution >= 0.6 is 0 Å². The third-order valence-electron chi connectivity index (χ3n) is 5.87. The number of hydrogen-bond acceptors (Lipinski definition) is 5. The number of ether oxygens (including phenoxy) is 1. The fourth-order valence-corrected chi connectivity index (χ4v) is 4.42. The molecule has 1 unspecified atom stereocenters. The number of nitrogens with zero attached hydrogens (tertiary/aromatic N) is 5. The standard InChI is InChI=1S/C24H24F2N6O/c1-13-4-5-18-19(6-13)14(2)33-20-8-16(9-28-24(20)27)23-15(10-29-32(23)12-21(25)26)7-17-11-31(3)30-22(17)18/h4-6,8-11,14,21H,7,12H2,1-3H3,(H2,27,28). The number of alkyl halides is 2. The molecular weight excluding hydrogens is 426 g/mol. The van der Waals surface area contributed by atoms with E-state index in [-0.39, 0.29) is 11.9 Å². The summed E-state index contributed by atoms with van der Waals surface area (Å²) in [5.74, 6) is 0.627. The van der Waals surface area contributed by atoms with Gasteiger partial charge in [0.1, 0.15) is 12.6 Å². The third-order valence-corrected chi connectivity index (χ3v) is 5.87. The summed E-state index contributed by atoms with van der Waals surface area (Å²) in [4.78, 5) is 4.29. The summed E-state index contributed by atoms with van der Waals surface area (Å²) in [7, 11) is 1.87.